The molecule has 172 valence electrons. The van der Waals surface area contributed by atoms with Crippen molar-refractivity contribution in [2.75, 3.05) is 37.7 Å². The minimum atomic E-state index is -0.373. The highest BCUT2D eigenvalue weighted by Crippen LogP contribution is 2.42. The lowest BCUT2D eigenvalue weighted by Gasteiger charge is -2.48. The standard InChI is InChI=1S/C28H28N4O2/c1-2-34-26(33)22-14-29-27(30-15-22)32-12-11-28(19-32)17-31(18-28)16-25-23-9-5-3-7-20(23)13-21-8-4-6-10-24(21)25/h3-10,13-15H,2,11-12,16-19H2,1H3. The zero-order chi connectivity index (χ0) is 23.1. The molecule has 0 atom stereocenters. The van der Waals surface area contributed by atoms with Crippen molar-refractivity contribution in [1.82, 2.24) is 14.9 Å². The molecule has 0 aliphatic carbocycles. The van der Waals surface area contributed by atoms with Crippen LogP contribution in [0.1, 0.15) is 29.3 Å². The predicted molar refractivity (Wildman–Crippen MR) is 134 cm³/mol. The van der Waals surface area contributed by atoms with Crippen LogP contribution in [0.25, 0.3) is 21.5 Å². The quantitative estimate of drug-likeness (QED) is 0.324. The Morgan fingerprint density at radius 3 is 2.26 bits per heavy atom. The number of hydrogen-bond acceptors (Lipinski definition) is 6. The molecule has 1 spiro atoms. The summed E-state index contributed by atoms with van der Waals surface area (Å²) in [6, 6.07) is 19.7. The molecule has 3 heterocycles. The molecule has 34 heavy (non-hydrogen) atoms. The molecule has 2 aliphatic rings. The zero-order valence-electron chi connectivity index (χ0n) is 19.4. The Morgan fingerprint density at radius 2 is 1.62 bits per heavy atom. The summed E-state index contributed by atoms with van der Waals surface area (Å²) < 4.78 is 5.03. The van der Waals surface area contributed by atoms with Gasteiger partial charge in [-0.15, -0.1) is 0 Å². The van der Waals surface area contributed by atoms with Gasteiger partial charge in [0.1, 0.15) is 0 Å². The second-order valence-corrected chi connectivity index (χ2v) is 9.61. The van der Waals surface area contributed by atoms with Crippen molar-refractivity contribution in [3.05, 3.63) is 78.1 Å². The minimum absolute atomic E-state index is 0.295. The van der Waals surface area contributed by atoms with Crippen LogP contribution < -0.4 is 4.90 Å². The Hall–Kier alpha value is -3.51. The molecular weight excluding hydrogens is 424 g/mol. The molecule has 3 aromatic carbocycles. The van der Waals surface area contributed by atoms with E-state index in [4.69, 9.17) is 4.74 Å². The third-order valence-corrected chi connectivity index (χ3v) is 7.25. The summed E-state index contributed by atoms with van der Waals surface area (Å²) in [4.78, 5) is 25.6. The monoisotopic (exact) mass is 452 g/mol. The first-order valence-corrected chi connectivity index (χ1v) is 12.0. The number of fused-ring (bicyclic) bond motifs is 2. The first-order valence-electron chi connectivity index (χ1n) is 12.0. The lowest BCUT2D eigenvalue weighted by atomic mass is 9.78. The molecule has 6 rings (SSSR count). The van der Waals surface area contributed by atoms with E-state index >= 15 is 0 Å². The average molecular weight is 453 g/mol. The fraction of sp³-hybridized carbons (Fsp3) is 0.321. The largest absolute Gasteiger partial charge is 0.462 e. The van der Waals surface area contributed by atoms with Crippen LogP contribution >= 0.6 is 0 Å². The van der Waals surface area contributed by atoms with Gasteiger partial charge in [0.2, 0.25) is 5.95 Å². The summed E-state index contributed by atoms with van der Waals surface area (Å²) in [5.74, 6) is 0.325. The van der Waals surface area contributed by atoms with Crippen LogP contribution in [0.3, 0.4) is 0 Å². The normalized spacial score (nSPS) is 17.4. The van der Waals surface area contributed by atoms with Crippen LogP contribution in [-0.2, 0) is 11.3 Å². The lowest BCUT2D eigenvalue weighted by molar-refractivity contribution is 0.0122. The molecule has 0 saturated carbocycles. The first-order chi connectivity index (χ1) is 16.6. The van der Waals surface area contributed by atoms with E-state index in [-0.39, 0.29) is 5.97 Å². The van der Waals surface area contributed by atoms with Gasteiger partial charge >= 0.3 is 5.97 Å². The maximum absolute atomic E-state index is 11.9. The summed E-state index contributed by atoms with van der Waals surface area (Å²) in [6.45, 7) is 7.18. The number of anilines is 1. The summed E-state index contributed by atoms with van der Waals surface area (Å²) in [6.07, 6.45) is 4.29. The minimum Gasteiger partial charge on any atom is -0.462 e. The average Bonchev–Trinajstić information content (AvgIpc) is 3.29. The predicted octanol–water partition coefficient (Wildman–Crippen LogP) is 4.67. The molecule has 6 nitrogen and oxygen atoms in total. The maximum Gasteiger partial charge on any atom is 0.341 e. The SMILES string of the molecule is CCOC(=O)c1cnc(N2CCC3(CN(Cc4c5ccccc5cc5ccccc45)C3)C2)nc1. The first kappa shape index (κ1) is 21.1. The van der Waals surface area contributed by atoms with Crippen LogP contribution in [0.5, 0.6) is 0 Å². The Morgan fingerprint density at radius 1 is 0.971 bits per heavy atom. The van der Waals surface area contributed by atoms with E-state index in [9.17, 15) is 4.79 Å². The Kier molecular flexibility index (Phi) is 5.18. The number of likely N-dealkylation sites (tertiary alicyclic amines) is 1. The van der Waals surface area contributed by atoms with Crippen LogP contribution in [-0.4, -0.2) is 53.6 Å². The van der Waals surface area contributed by atoms with Gasteiger partial charge in [-0.3, -0.25) is 4.90 Å². The number of rotatable bonds is 5. The molecule has 1 aromatic heterocycles. The molecular formula is C28H28N4O2. The molecule has 2 aliphatic heterocycles. The Balaban J connectivity index is 1.16. The number of carbonyl (C=O) groups is 1. The fourth-order valence-corrected chi connectivity index (χ4v) is 5.68. The van der Waals surface area contributed by atoms with Crippen LogP contribution in [0.15, 0.2) is 67.0 Å². The number of benzene rings is 3. The topological polar surface area (TPSA) is 58.6 Å². The van der Waals surface area contributed by atoms with Crippen LogP contribution in [0.4, 0.5) is 5.95 Å². The highest BCUT2D eigenvalue weighted by atomic mass is 16.5. The Bertz CT molecular complexity index is 1310. The third-order valence-electron chi connectivity index (χ3n) is 7.25. The molecule has 4 aromatic rings. The number of carbonyl (C=O) groups excluding carboxylic acids is 1. The van der Waals surface area contributed by atoms with Gasteiger partial charge in [-0.2, -0.15) is 0 Å². The van der Waals surface area contributed by atoms with Crippen molar-refractivity contribution in [3.8, 4) is 0 Å². The Labute approximate surface area is 199 Å². The van der Waals surface area contributed by atoms with Crippen LogP contribution in [0.2, 0.25) is 0 Å². The summed E-state index contributed by atoms with van der Waals surface area (Å²) in [5.41, 5.74) is 2.12. The lowest BCUT2D eigenvalue weighted by Crippen LogP contribution is -2.56. The third kappa shape index (κ3) is 3.68. The van der Waals surface area contributed by atoms with E-state index in [1.165, 1.54) is 27.1 Å². The second-order valence-electron chi connectivity index (χ2n) is 9.61. The van der Waals surface area contributed by atoms with Gasteiger partial charge in [-0.05, 0) is 46.5 Å². The molecule has 0 unspecified atom stereocenters. The highest BCUT2D eigenvalue weighted by molar-refractivity contribution is 6.02. The smallest absolute Gasteiger partial charge is 0.341 e. The van der Waals surface area contributed by atoms with E-state index in [2.05, 4.69) is 74.4 Å². The summed E-state index contributed by atoms with van der Waals surface area (Å²) in [7, 11) is 0. The van der Waals surface area contributed by atoms with Gasteiger partial charge in [0.05, 0.1) is 12.2 Å². The van der Waals surface area contributed by atoms with E-state index in [1.54, 1.807) is 19.3 Å². The van der Waals surface area contributed by atoms with Gasteiger partial charge in [0, 0.05) is 50.5 Å². The van der Waals surface area contributed by atoms with Crippen molar-refractivity contribution in [3.63, 3.8) is 0 Å². The molecule has 6 heteroatoms. The van der Waals surface area contributed by atoms with Crippen molar-refractivity contribution in [2.24, 2.45) is 5.41 Å². The fourth-order valence-electron chi connectivity index (χ4n) is 5.68. The van der Waals surface area contributed by atoms with Gasteiger partial charge in [0.15, 0.2) is 0 Å². The van der Waals surface area contributed by atoms with Gasteiger partial charge in [-0.25, -0.2) is 14.8 Å². The molecule has 2 saturated heterocycles. The number of aromatic nitrogens is 2. The van der Waals surface area contributed by atoms with E-state index < -0.39 is 0 Å². The number of nitrogens with zero attached hydrogens (tertiary/aromatic N) is 4. The van der Waals surface area contributed by atoms with Crippen molar-refractivity contribution in [1.29, 1.82) is 0 Å². The summed E-state index contributed by atoms with van der Waals surface area (Å²) in [5, 5.41) is 5.32. The highest BCUT2D eigenvalue weighted by Gasteiger charge is 2.48. The van der Waals surface area contributed by atoms with Gasteiger partial charge < -0.3 is 9.64 Å². The summed E-state index contributed by atoms with van der Waals surface area (Å²) >= 11 is 0. The number of ether oxygens (including phenoxy) is 1. The van der Waals surface area contributed by atoms with E-state index in [0.717, 1.165) is 39.1 Å². The molecule has 0 bridgehead atoms. The number of esters is 1. The van der Waals surface area contributed by atoms with Gasteiger partial charge in [-0.1, -0.05) is 48.5 Å². The molecule has 2 fully saturated rings. The van der Waals surface area contributed by atoms with Crippen molar-refractivity contribution < 1.29 is 9.53 Å². The van der Waals surface area contributed by atoms with Crippen LogP contribution in [0, 0.1) is 5.41 Å². The second kappa shape index (κ2) is 8.37. The maximum atomic E-state index is 11.9. The van der Waals surface area contributed by atoms with E-state index in [0.29, 0.717) is 23.5 Å². The van der Waals surface area contributed by atoms with Crippen molar-refractivity contribution in [2.45, 2.75) is 19.9 Å². The number of hydrogen-bond donors (Lipinski definition) is 0. The molecule has 0 N–H and O–H groups in total. The zero-order valence-corrected chi connectivity index (χ0v) is 19.4. The molecule has 0 amide bonds. The van der Waals surface area contributed by atoms with Gasteiger partial charge in [0.25, 0.3) is 0 Å². The molecule has 0 radical (unpaired) electrons. The van der Waals surface area contributed by atoms with E-state index in [1.807, 2.05) is 0 Å². The van der Waals surface area contributed by atoms with Crippen molar-refractivity contribution >= 4 is 33.5 Å².